The normalized spacial score (nSPS) is 13.5. The molecule has 0 aliphatic heterocycles. The first-order valence-electron chi connectivity index (χ1n) is 10.5. The molecule has 10 heteroatoms. The number of aromatic nitrogens is 2. The highest BCUT2D eigenvalue weighted by Crippen LogP contribution is 2.37. The van der Waals surface area contributed by atoms with E-state index in [1.807, 2.05) is 30.3 Å². The lowest BCUT2D eigenvalue weighted by Gasteiger charge is -2.16. The van der Waals surface area contributed by atoms with E-state index in [2.05, 4.69) is 20.8 Å². The molecule has 1 heterocycles. The molecule has 2 aromatic carbocycles. The predicted molar refractivity (Wildman–Crippen MR) is 114 cm³/mol. The third-order valence-corrected chi connectivity index (χ3v) is 5.11. The highest BCUT2D eigenvalue weighted by Gasteiger charge is 2.35. The van der Waals surface area contributed by atoms with E-state index in [1.165, 1.54) is 6.07 Å². The second-order valence-corrected chi connectivity index (χ2v) is 7.80. The van der Waals surface area contributed by atoms with Crippen molar-refractivity contribution >= 4 is 23.2 Å². The van der Waals surface area contributed by atoms with Gasteiger partial charge in [-0.1, -0.05) is 35.5 Å². The summed E-state index contributed by atoms with van der Waals surface area (Å²) < 4.78 is 45.7. The molecule has 172 valence electrons. The summed E-state index contributed by atoms with van der Waals surface area (Å²) in [5, 5.41) is 8.69. The molecule has 0 bridgehead atoms. The first kappa shape index (κ1) is 22.5. The number of nitrogens with one attached hydrogen (secondary N) is 2. The van der Waals surface area contributed by atoms with E-state index in [1.54, 1.807) is 0 Å². The number of carbonyl (C=O) groups is 2. The maximum atomic E-state index is 13.5. The molecule has 0 unspecified atom stereocenters. The highest BCUT2D eigenvalue weighted by atomic mass is 19.4. The average Bonchev–Trinajstić information content (AvgIpc) is 3.53. The molecular formula is C23H21F3N4O3. The second kappa shape index (κ2) is 9.43. The molecular weight excluding hydrogens is 437 g/mol. The van der Waals surface area contributed by atoms with Gasteiger partial charge in [0.25, 0.3) is 0 Å². The molecule has 3 aromatic rings. The standard InChI is InChI=1S/C23H21F3N4O3/c24-23(25,26)17-13-16(27-22(32)15-9-10-15)11-12-18(17)28-19(31)7-4-8-20-29-21(30-33-20)14-5-2-1-3-6-14/h1-3,5-6,11-13,15H,4,7-10H2,(H,27,32)(H,28,31). The van der Waals surface area contributed by atoms with Gasteiger partial charge in [-0.15, -0.1) is 0 Å². The lowest BCUT2D eigenvalue weighted by atomic mass is 10.1. The number of nitrogens with zero attached hydrogens (tertiary/aromatic N) is 2. The van der Waals surface area contributed by atoms with Crippen molar-refractivity contribution < 1.29 is 27.3 Å². The minimum atomic E-state index is -4.69. The zero-order chi connectivity index (χ0) is 23.4. The Hall–Kier alpha value is -3.69. The van der Waals surface area contributed by atoms with E-state index in [-0.39, 0.29) is 29.6 Å². The fourth-order valence-electron chi connectivity index (χ4n) is 3.23. The molecule has 0 radical (unpaired) electrons. The van der Waals surface area contributed by atoms with Crippen LogP contribution in [0.5, 0.6) is 0 Å². The van der Waals surface area contributed by atoms with Gasteiger partial charge in [-0.05, 0) is 37.5 Å². The van der Waals surface area contributed by atoms with E-state index in [0.29, 0.717) is 24.6 Å². The highest BCUT2D eigenvalue weighted by molar-refractivity contribution is 5.95. The predicted octanol–water partition coefficient (Wildman–Crippen LogP) is 5.07. The van der Waals surface area contributed by atoms with Crippen molar-refractivity contribution in [2.45, 2.75) is 38.3 Å². The Bertz CT molecular complexity index is 1140. The van der Waals surface area contributed by atoms with E-state index < -0.39 is 17.6 Å². The van der Waals surface area contributed by atoms with Gasteiger partial charge in [-0.2, -0.15) is 18.2 Å². The fourth-order valence-corrected chi connectivity index (χ4v) is 3.23. The van der Waals surface area contributed by atoms with E-state index in [9.17, 15) is 22.8 Å². The second-order valence-electron chi connectivity index (χ2n) is 7.80. The van der Waals surface area contributed by atoms with Crippen LogP contribution in [0.25, 0.3) is 11.4 Å². The minimum absolute atomic E-state index is 0.0273. The van der Waals surface area contributed by atoms with Gasteiger partial charge in [0, 0.05) is 30.0 Å². The minimum Gasteiger partial charge on any atom is -0.339 e. The summed E-state index contributed by atoms with van der Waals surface area (Å²) in [6, 6.07) is 12.6. The summed E-state index contributed by atoms with van der Waals surface area (Å²) in [6.07, 6.45) is -2.61. The van der Waals surface area contributed by atoms with Gasteiger partial charge in [-0.3, -0.25) is 9.59 Å². The summed E-state index contributed by atoms with van der Waals surface area (Å²) in [7, 11) is 0. The van der Waals surface area contributed by atoms with Crippen molar-refractivity contribution in [1.29, 1.82) is 0 Å². The Morgan fingerprint density at radius 1 is 1.06 bits per heavy atom. The van der Waals surface area contributed by atoms with Crippen molar-refractivity contribution in [3.05, 3.63) is 60.0 Å². The van der Waals surface area contributed by atoms with Gasteiger partial charge in [0.1, 0.15) is 0 Å². The summed E-state index contributed by atoms with van der Waals surface area (Å²) in [5.74, 6) is -0.233. The van der Waals surface area contributed by atoms with Crippen molar-refractivity contribution in [3.63, 3.8) is 0 Å². The van der Waals surface area contributed by atoms with Gasteiger partial charge in [0.2, 0.25) is 23.5 Å². The first-order chi connectivity index (χ1) is 15.8. The molecule has 1 aliphatic rings. The number of aryl methyl sites for hydroxylation is 1. The van der Waals surface area contributed by atoms with Crippen LogP contribution in [-0.4, -0.2) is 22.0 Å². The Morgan fingerprint density at radius 2 is 1.82 bits per heavy atom. The van der Waals surface area contributed by atoms with Crippen molar-refractivity contribution in [2.24, 2.45) is 5.92 Å². The quantitative estimate of drug-likeness (QED) is 0.492. The van der Waals surface area contributed by atoms with Crippen LogP contribution in [-0.2, 0) is 22.2 Å². The van der Waals surface area contributed by atoms with Gasteiger partial charge in [-0.25, -0.2) is 0 Å². The average molecular weight is 458 g/mol. The zero-order valence-corrected chi connectivity index (χ0v) is 17.5. The Kier molecular flexibility index (Phi) is 6.43. The summed E-state index contributed by atoms with van der Waals surface area (Å²) in [4.78, 5) is 28.4. The molecule has 0 atom stereocenters. The Labute approximate surface area is 187 Å². The number of halogens is 3. The largest absolute Gasteiger partial charge is 0.418 e. The van der Waals surface area contributed by atoms with Crippen LogP contribution in [0.2, 0.25) is 0 Å². The molecule has 0 spiro atoms. The van der Waals surface area contributed by atoms with Gasteiger partial charge < -0.3 is 15.2 Å². The molecule has 7 nitrogen and oxygen atoms in total. The van der Waals surface area contributed by atoms with Crippen LogP contribution in [0.15, 0.2) is 53.1 Å². The van der Waals surface area contributed by atoms with Crippen LogP contribution in [0, 0.1) is 5.92 Å². The van der Waals surface area contributed by atoms with Crippen molar-refractivity contribution in [2.75, 3.05) is 10.6 Å². The van der Waals surface area contributed by atoms with Crippen LogP contribution < -0.4 is 10.6 Å². The number of alkyl halides is 3. The molecule has 1 saturated carbocycles. The molecule has 4 rings (SSSR count). The SMILES string of the molecule is O=C(CCCc1nc(-c2ccccc2)no1)Nc1ccc(NC(=O)C2CC2)cc1C(F)(F)F. The monoisotopic (exact) mass is 458 g/mol. The Morgan fingerprint density at radius 3 is 2.52 bits per heavy atom. The number of hydrogen-bond donors (Lipinski definition) is 2. The number of hydrogen-bond acceptors (Lipinski definition) is 5. The van der Waals surface area contributed by atoms with Crippen LogP contribution >= 0.6 is 0 Å². The summed E-state index contributed by atoms with van der Waals surface area (Å²) in [5.41, 5.74) is -0.542. The first-order valence-corrected chi connectivity index (χ1v) is 10.5. The maximum absolute atomic E-state index is 13.5. The molecule has 1 aliphatic carbocycles. The number of benzene rings is 2. The van der Waals surface area contributed by atoms with Crippen molar-refractivity contribution in [1.82, 2.24) is 10.1 Å². The van der Waals surface area contributed by atoms with Crippen LogP contribution in [0.3, 0.4) is 0 Å². The van der Waals surface area contributed by atoms with Crippen molar-refractivity contribution in [3.8, 4) is 11.4 Å². The summed E-state index contributed by atoms with van der Waals surface area (Å²) in [6.45, 7) is 0. The van der Waals surface area contributed by atoms with E-state index in [0.717, 1.165) is 30.5 Å². The number of anilines is 2. The number of amides is 2. The van der Waals surface area contributed by atoms with E-state index >= 15 is 0 Å². The molecule has 33 heavy (non-hydrogen) atoms. The fraction of sp³-hybridized carbons (Fsp3) is 0.304. The van der Waals surface area contributed by atoms with Crippen LogP contribution in [0.4, 0.5) is 24.5 Å². The van der Waals surface area contributed by atoms with Gasteiger partial charge >= 0.3 is 6.18 Å². The molecule has 1 fully saturated rings. The zero-order valence-electron chi connectivity index (χ0n) is 17.5. The number of rotatable bonds is 8. The van der Waals surface area contributed by atoms with E-state index in [4.69, 9.17) is 4.52 Å². The third-order valence-electron chi connectivity index (χ3n) is 5.11. The lowest BCUT2D eigenvalue weighted by molar-refractivity contribution is -0.137. The topological polar surface area (TPSA) is 97.1 Å². The molecule has 2 amide bonds. The Balaban J connectivity index is 1.34. The van der Waals surface area contributed by atoms with Gasteiger partial charge in [0.05, 0.1) is 11.3 Å². The molecule has 2 N–H and O–H groups in total. The van der Waals surface area contributed by atoms with Gasteiger partial charge in [0.15, 0.2) is 0 Å². The smallest absolute Gasteiger partial charge is 0.339 e. The third kappa shape index (κ3) is 5.97. The summed E-state index contributed by atoms with van der Waals surface area (Å²) >= 11 is 0. The molecule has 0 saturated heterocycles. The van der Waals surface area contributed by atoms with Crippen LogP contribution in [0.1, 0.15) is 37.1 Å². The maximum Gasteiger partial charge on any atom is 0.418 e. The lowest BCUT2D eigenvalue weighted by Crippen LogP contribution is -2.18. The molecule has 1 aromatic heterocycles. The number of carbonyl (C=O) groups excluding carboxylic acids is 2.